The molecule has 0 atom stereocenters. The number of hydrogen-bond donors (Lipinski definition) is 0. The van der Waals surface area contributed by atoms with Gasteiger partial charge in [-0.05, 0) is 67.7 Å². The van der Waals surface area contributed by atoms with E-state index in [9.17, 15) is 4.79 Å². The molecule has 0 amide bonds. The van der Waals surface area contributed by atoms with Gasteiger partial charge in [0, 0.05) is 0 Å². The highest BCUT2D eigenvalue weighted by Crippen LogP contribution is 2.38. The third kappa shape index (κ3) is 4.16. The van der Waals surface area contributed by atoms with Gasteiger partial charge < -0.3 is 4.74 Å². The number of ether oxygens (including phenoxy) is 1. The van der Waals surface area contributed by atoms with Gasteiger partial charge in [-0.2, -0.15) is 0 Å². The molecule has 1 aromatic rings. The smallest absolute Gasteiger partial charge is 0.338 e. The normalized spacial score (nSPS) is 20.4. The zero-order valence-electron chi connectivity index (χ0n) is 14.5. The molecule has 0 bridgehead atoms. The maximum Gasteiger partial charge on any atom is 0.338 e. The Morgan fingerprint density at radius 3 is 1.78 bits per heavy atom. The molecule has 3 rings (SSSR count). The quantitative estimate of drug-likeness (QED) is 0.641. The van der Waals surface area contributed by atoms with Crippen LogP contribution in [0.4, 0.5) is 0 Å². The van der Waals surface area contributed by atoms with E-state index in [1.807, 2.05) is 6.92 Å². The summed E-state index contributed by atoms with van der Waals surface area (Å²) >= 11 is 0. The van der Waals surface area contributed by atoms with Crippen molar-refractivity contribution >= 4 is 5.97 Å². The van der Waals surface area contributed by atoms with Crippen LogP contribution in [0.2, 0.25) is 0 Å². The van der Waals surface area contributed by atoms with Crippen molar-refractivity contribution in [3.63, 3.8) is 0 Å². The van der Waals surface area contributed by atoms with E-state index in [0.29, 0.717) is 18.4 Å². The summed E-state index contributed by atoms with van der Waals surface area (Å²) in [6, 6.07) is 6.63. The Labute approximate surface area is 140 Å². The van der Waals surface area contributed by atoms with Crippen LogP contribution in [0.3, 0.4) is 0 Å². The third-order valence-corrected chi connectivity index (χ3v) is 5.64. The van der Waals surface area contributed by atoms with Crippen molar-refractivity contribution in [2.75, 3.05) is 6.61 Å². The van der Waals surface area contributed by atoms with Crippen LogP contribution in [-0.4, -0.2) is 12.6 Å². The fraction of sp³-hybridized carbons (Fsp3) is 0.667. The fourth-order valence-corrected chi connectivity index (χ4v) is 4.35. The van der Waals surface area contributed by atoms with Gasteiger partial charge in [0.15, 0.2) is 0 Å². The topological polar surface area (TPSA) is 26.3 Å². The van der Waals surface area contributed by atoms with Crippen LogP contribution in [0.15, 0.2) is 18.2 Å². The SMILES string of the molecule is CCOC(=O)c1cc(C2CCCCC2)cc(C2CCCCC2)c1. The molecule has 0 aromatic heterocycles. The zero-order valence-corrected chi connectivity index (χ0v) is 14.5. The van der Waals surface area contributed by atoms with Crippen LogP contribution < -0.4 is 0 Å². The lowest BCUT2D eigenvalue weighted by Gasteiger charge is -2.26. The zero-order chi connectivity index (χ0) is 16.1. The lowest BCUT2D eigenvalue weighted by molar-refractivity contribution is 0.0526. The molecule has 126 valence electrons. The van der Waals surface area contributed by atoms with Crippen LogP contribution in [0.25, 0.3) is 0 Å². The molecule has 2 heteroatoms. The van der Waals surface area contributed by atoms with Crippen molar-refractivity contribution in [1.82, 2.24) is 0 Å². The Balaban J connectivity index is 1.90. The summed E-state index contributed by atoms with van der Waals surface area (Å²) in [5, 5.41) is 0. The second kappa shape index (κ2) is 7.99. The summed E-state index contributed by atoms with van der Waals surface area (Å²) in [4.78, 5) is 12.3. The minimum Gasteiger partial charge on any atom is -0.462 e. The number of rotatable bonds is 4. The molecule has 2 aliphatic carbocycles. The molecule has 23 heavy (non-hydrogen) atoms. The van der Waals surface area contributed by atoms with Crippen molar-refractivity contribution in [1.29, 1.82) is 0 Å². The molecule has 2 saturated carbocycles. The van der Waals surface area contributed by atoms with Crippen molar-refractivity contribution < 1.29 is 9.53 Å². The van der Waals surface area contributed by atoms with Crippen molar-refractivity contribution in [2.45, 2.75) is 83.0 Å². The van der Waals surface area contributed by atoms with Gasteiger partial charge in [0.1, 0.15) is 0 Å². The minimum absolute atomic E-state index is 0.151. The van der Waals surface area contributed by atoms with Crippen LogP contribution in [-0.2, 0) is 4.74 Å². The van der Waals surface area contributed by atoms with Crippen LogP contribution in [0.5, 0.6) is 0 Å². The van der Waals surface area contributed by atoms with E-state index < -0.39 is 0 Å². The first-order chi connectivity index (χ1) is 11.3. The first-order valence-corrected chi connectivity index (χ1v) is 9.60. The first kappa shape index (κ1) is 16.5. The van der Waals surface area contributed by atoms with Crippen LogP contribution >= 0.6 is 0 Å². The predicted molar refractivity (Wildman–Crippen MR) is 94.1 cm³/mol. The highest BCUT2D eigenvalue weighted by molar-refractivity contribution is 5.90. The van der Waals surface area contributed by atoms with E-state index in [1.54, 1.807) is 0 Å². The molecule has 0 heterocycles. The average Bonchev–Trinajstić information content (AvgIpc) is 2.63. The number of carbonyl (C=O) groups excluding carboxylic acids is 1. The Morgan fingerprint density at radius 1 is 0.870 bits per heavy atom. The predicted octanol–water partition coefficient (Wildman–Crippen LogP) is 5.96. The molecule has 2 nitrogen and oxygen atoms in total. The molecular formula is C21H30O2. The first-order valence-electron chi connectivity index (χ1n) is 9.60. The van der Waals surface area contributed by atoms with E-state index in [0.717, 1.165) is 5.56 Å². The molecule has 0 unspecified atom stereocenters. The molecule has 0 spiro atoms. The summed E-state index contributed by atoms with van der Waals surface area (Å²) in [6.45, 7) is 2.33. The molecule has 0 saturated heterocycles. The monoisotopic (exact) mass is 314 g/mol. The van der Waals surface area contributed by atoms with Gasteiger partial charge in [0.05, 0.1) is 12.2 Å². The van der Waals surface area contributed by atoms with Crippen LogP contribution in [0, 0.1) is 0 Å². The van der Waals surface area contributed by atoms with E-state index in [-0.39, 0.29) is 5.97 Å². The third-order valence-electron chi connectivity index (χ3n) is 5.64. The number of esters is 1. The Kier molecular flexibility index (Phi) is 5.75. The summed E-state index contributed by atoms with van der Waals surface area (Å²) in [5.41, 5.74) is 3.54. The highest BCUT2D eigenvalue weighted by atomic mass is 16.5. The number of hydrogen-bond acceptors (Lipinski definition) is 2. The summed E-state index contributed by atoms with van der Waals surface area (Å²) < 4.78 is 5.27. The summed E-state index contributed by atoms with van der Waals surface area (Å²) in [7, 11) is 0. The molecule has 0 radical (unpaired) electrons. The summed E-state index contributed by atoms with van der Waals surface area (Å²) in [5.74, 6) is 1.13. The maximum absolute atomic E-state index is 12.3. The molecule has 0 aliphatic heterocycles. The summed E-state index contributed by atoms with van der Waals surface area (Å²) in [6.07, 6.45) is 13.1. The second-order valence-corrected chi connectivity index (χ2v) is 7.28. The highest BCUT2D eigenvalue weighted by Gasteiger charge is 2.22. The van der Waals surface area contributed by atoms with Crippen molar-refractivity contribution in [3.05, 3.63) is 34.9 Å². The molecule has 2 fully saturated rings. The van der Waals surface area contributed by atoms with Gasteiger partial charge in [-0.1, -0.05) is 44.6 Å². The standard InChI is InChI=1S/C21H30O2/c1-2-23-21(22)20-14-18(16-9-5-3-6-10-16)13-19(15-20)17-11-7-4-8-12-17/h13-17H,2-12H2,1H3. The Hall–Kier alpha value is -1.31. The van der Waals surface area contributed by atoms with Gasteiger partial charge in [0.25, 0.3) is 0 Å². The van der Waals surface area contributed by atoms with E-state index in [2.05, 4.69) is 18.2 Å². The molecule has 1 aromatic carbocycles. The maximum atomic E-state index is 12.3. The number of benzene rings is 1. The van der Waals surface area contributed by atoms with E-state index in [1.165, 1.54) is 75.3 Å². The largest absolute Gasteiger partial charge is 0.462 e. The Morgan fingerprint density at radius 2 is 1.35 bits per heavy atom. The average molecular weight is 314 g/mol. The minimum atomic E-state index is -0.151. The lowest BCUT2D eigenvalue weighted by atomic mass is 9.79. The molecule has 2 aliphatic rings. The van der Waals surface area contributed by atoms with Gasteiger partial charge in [-0.15, -0.1) is 0 Å². The fourth-order valence-electron chi connectivity index (χ4n) is 4.35. The van der Waals surface area contributed by atoms with Crippen molar-refractivity contribution in [3.8, 4) is 0 Å². The van der Waals surface area contributed by atoms with Gasteiger partial charge in [-0.25, -0.2) is 4.79 Å². The van der Waals surface area contributed by atoms with E-state index in [4.69, 9.17) is 4.74 Å². The Bertz CT molecular complexity index is 486. The van der Waals surface area contributed by atoms with Crippen molar-refractivity contribution in [2.24, 2.45) is 0 Å². The number of carbonyl (C=O) groups is 1. The molecule has 0 N–H and O–H groups in total. The van der Waals surface area contributed by atoms with Gasteiger partial charge >= 0.3 is 5.97 Å². The van der Waals surface area contributed by atoms with Gasteiger partial charge in [0.2, 0.25) is 0 Å². The lowest BCUT2D eigenvalue weighted by Crippen LogP contribution is -2.12. The van der Waals surface area contributed by atoms with Gasteiger partial charge in [-0.3, -0.25) is 0 Å². The molecular weight excluding hydrogens is 284 g/mol. The van der Waals surface area contributed by atoms with E-state index >= 15 is 0 Å². The van der Waals surface area contributed by atoms with Crippen LogP contribution in [0.1, 0.15) is 104 Å². The second-order valence-electron chi connectivity index (χ2n) is 7.28.